The number of nitrogens with zero attached hydrogens (tertiary/aromatic N) is 2. The fourth-order valence-corrected chi connectivity index (χ4v) is 6.32. The number of benzene rings is 1. The number of carbonyl (C=O) groups excluding carboxylic acids is 3. The minimum atomic E-state index is -1.23. The van der Waals surface area contributed by atoms with Crippen molar-refractivity contribution in [3.05, 3.63) is 84.2 Å². The molecule has 1 fully saturated rings. The average Bonchev–Trinajstić information content (AvgIpc) is 3.63. The Bertz CT molecular complexity index is 1370. The number of aryl methyl sites for hydroxylation is 1. The van der Waals surface area contributed by atoms with Gasteiger partial charge in [-0.1, -0.05) is 68.5 Å². The third-order valence-electron chi connectivity index (χ3n) is 9.02. The lowest BCUT2D eigenvalue weighted by molar-refractivity contribution is -0.133. The summed E-state index contributed by atoms with van der Waals surface area (Å²) in [5, 5.41) is 31.2. The van der Waals surface area contributed by atoms with E-state index in [1.165, 1.54) is 6.33 Å². The number of carbonyl (C=O) groups is 3. The van der Waals surface area contributed by atoms with Gasteiger partial charge in [0.1, 0.15) is 18.2 Å². The molecule has 0 saturated heterocycles. The van der Waals surface area contributed by atoms with Crippen LogP contribution in [0.5, 0.6) is 0 Å². The van der Waals surface area contributed by atoms with Crippen LogP contribution < -0.4 is 21.7 Å². The minimum absolute atomic E-state index is 0.102. The number of nitrogens with two attached hydrogens (primary N) is 1. The van der Waals surface area contributed by atoms with E-state index in [9.17, 15) is 24.6 Å². The second-order valence-electron chi connectivity index (χ2n) is 12.8. The van der Waals surface area contributed by atoms with Crippen LogP contribution in [0.2, 0.25) is 0 Å². The quantitative estimate of drug-likeness (QED) is 0.101. The van der Waals surface area contributed by atoms with E-state index in [0.29, 0.717) is 37.4 Å². The SMILES string of the molecule is NCCCC(=O)NC(Cc1ccccc1)C(=O)NC(Cc1cnc[nH]1)C(=O)N[C@@H](CC1CCCCC1)[C@@H](O)[C@@H](O)CCc1ccccn1. The molecular formula is C36H51N7O5. The second-order valence-corrected chi connectivity index (χ2v) is 12.8. The van der Waals surface area contributed by atoms with Gasteiger partial charge in [-0.2, -0.15) is 0 Å². The van der Waals surface area contributed by atoms with Crippen LogP contribution in [-0.2, 0) is 33.6 Å². The molecule has 1 aliphatic rings. The maximum absolute atomic E-state index is 14.0. The van der Waals surface area contributed by atoms with Crippen molar-refractivity contribution in [2.24, 2.45) is 11.7 Å². The first-order chi connectivity index (χ1) is 23.3. The molecule has 48 heavy (non-hydrogen) atoms. The molecule has 12 heteroatoms. The number of nitrogens with one attached hydrogen (secondary N) is 4. The van der Waals surface area contributed by atoms with E-state index in [1.54, 1.807) is 12.4 Å². The van der Waals surface area contributed by atoms with Crippen LogP contribution in [0.15, 0.2) is 67.3 Å². The molecule has 1 saturated carbocycles. The summed E-state index contributed by atoms with van der Waals surface area (Å²) in [4.78, 5) is 51.9. The summed E-state index contributed by atoms with van der Waals surface area (Å²) >= 11 is 0. The van der Waals surface area contributed by atoms with E-state index in [0.717, 1.165) is 43.4 Å². The maximum Gasteiger partial charge on any atom is 0.243 e. The largest absolute Gasteiger partial charge is 0.390 e. The van der Waals surface area contributed by atoms with Gasteiger partial charge in [0.15, 0.2) is 0 Å². The van der Waals surface area contributed by atoms with Crippen LogP contribution in [0.25, 0.3) is 0 Å². The van der Waals surface area contributed by atoms with Gasteiger partial charge in [-0.05, 0) is 55.8 Å². The Labute approximate surface area is 282 Å². The Kier molecular flexibility index (Phi) is 15.0. The number of imidazole rings is 1. The van der Waals surface area contributed by atoms with Gasteiger partial charge in [0.05, 0.1) is 18.5 Å². The molecule has 4 rings (SSSR count). The predicted molar refractivity (Wildman–Crippen MR) is 182 cm³/mol. The summed E-state index contributed by atoms with van der Waals surface area (Å²) in [6, 6.07) is 12.2. The molecule has 0 spiro atoms. The average molecular weight is 662 g/mol. The number of rotatable bonds is 19. The zero-order chi connectivity index (χ0) is 34.1. The molecule has 5 atom stereocenters. The fraction of sp³-hybridized carbons (Fsp3) is 0.528. The van der Waals surface area contributed by atoms with Crippen molar-refractivity contribution in [1.82, 2.24) is 30.9 Å². The summed E-state index contributed by atoms with van der Waals surface area (Å²) in [6.07, 6.45) is 9.99. The standard InChI is InChI=1S/C36H51N7O5/c37-18-9-15-33(45)41-30(21-26-12-5-2-6-13-26)35(47)43-31(22-28-23-38-24-40-28)36(48)42-29(20-25-10-3-1-4-11-25)34(46)32(44)17-16-27-14-7-8-19-39-27/h2,5-8,12-14,19,23-25,29-32,34,44,46H,1,3-4,9-11,15-18,20-22,37H2,(H,38,40)(H,41,45)(H,42,48)(H,43,47)/t29-,30?,31?,32-,34+/m0/s1. The third-order valence-corrected chi connectivity index (χ3v) is 9.02. The molecule has 2 aromatic heterocycles. The number of amides is 3. The normalized spacial score (nSPS) is 16.6. The number of hydrogen-bond acceptors (Lipinski definition) is 8. The van der Waals surface area contributed by atoms with E-state index in [1.807, 2.05) is 48.5 Å². The monoisotopic (exact) mass is 661 g/mol. The minimum Gasteiger partial charge on any atom is -0.390 e. The molecule has 3 amide bonds. The van der Waals surface area contributed by atoms with Crippen LogP contribution in [0.4, 0.5) is 0 Å². The van der Waals surface area contributed by atoms with Crippen LogP contribution in [0.1, 0.15) is 74.7 Å². The topological polar surface area (TPSA) is 195 Å². The van der Waals surface area contributed by atoms with E-state index in [-0.39, 0.29) is 31.6 Å². The first-order valence-electron chi connectivity index (χ1n) is 17.2. The van der Waals surface area contributed by atoms with E-state index in [4.69, 9.17) is 5.73 Å². The van der Waals surface area contributed by atoms with Crippen LogP contribution in [0, 0.1) is 5.92 Å². The summed E-state index contributed by atoms with van der Waals surface area (Å²) in [5.41, 5.74) is 7.87. The zero-order valence-corrected chi connectivity index (χ0v) is 27.6. The molecule has 0 aliphatic heterocycles. The number of H-pyrrole nitrogens is 1. The first kappa shape index (κ1) is 36.7. The lowest BCUT2D eigenvalue weighted by atomic mass is 9.82. The van der Waals surface area contributed by atoms with Crippen molar-refractivity contribution >= 4 is 17.7 Å². The summed E-state index contributed by atoms with van der Waals surface area (Å²) in [7, 11) is 0. The molecule has 8 N–H and O–H groups in total. The smallest absolute Gasteiger partial charge is 0.243 e. The van der Waals surface area contributed by atoms with Crippen molar-refractivity contribution in [3.63, 3.8) is 0 Å². The molecule has 0 bridgehead atoms. The fourth-order valence-electron chi connectivity index (χ4n) is 6.32. The number of aliphatic hydroxyl groups is 2. The first-order valence-corrected chi connectivity index (χ1v) is 17.2. The molecule has 2 heterocycles. The van der Waals surface area contributed by atoms with Gasteiger partial charge in [0, 0.05) is 43.0 Å². The number of hydrogen-bond donors (Lipinski definition) is 7. The molecule has 2 unspecified atom stereocenters. The summed E-state index contributed by atoms with van der Waals surface area (Å²) in [5.74, 6) is -1.02. The summed E-state index contributed by atoms with van der Waals surface area (Å²) < 4.78 is 0. The van der Waals surface area contributed by atoms with E-state index in [2.05, 4.69) is 30.9 Å². The van der Waals surface area contributed by atoms with Gasteiger partial charge >= 0.3 is 0 Å². The highest BCUT2D eigenvalue weighted by Gasteiger charge is 2.34. The number of pyridine rings is 1. The van der Waals surface area contributed by atoms with Gasteiger partial charge in [0.25, 0.3) is 0 Å². The van der Waals surface area contributed by atoms with Gasteiger partial charge < -0.3 is 36.9 Å². The van der Waals surface area contributed by atoms with Crippen LogP contribution in [0.3, 0.4) is 0 Å². The highest BCUT2D eigenvalue weighted by atomic mass is 16.3. The van der Waals surface area contributed by atoms with Gasteiger partial charge in [-0.3, -0.25) is 19.4 Å². The van der Waals surface area contributed by atoms with Crippen molar-refractivity contribution < 1.29 is 24.6 Å². The van der Waals surface area contributed by atoms with Crippen molar-refractivity contribution in [2.45, 2.75) is 107 Å². The van der Waals surface area contributed by atoms with Crippen LogP contribution in [-0.4, -0.2) is 79.8 Å². The number of aromatic nitrogens is 3. The molecule has 12 nitrogen and oxygen atoms in total. The Morgan fingerprint density at radius 2 is 1.65 bits per heavy atom. The second kappa shape index (κ2) is 19.6. The predicted octanol–water partition coefficient (Wildman–Crippen LogP) is 2.11. The zero-order valence-electron chi connectivity index (χ0n) is 27.6. The molecule has 3 aromatic rings. The molecule has 1 aliphatic carbocycles. The van der Waals surface area contributed by atoms with Crippen molar-refractivity contribution in [1.29, 1.82) is 0 Å². The van der Waals surface area contributed by atoms with Crippen molar-refractivity contribution in [2.75, 3.05) is 6.54 Å². The molecule has 260 valence electrons. The Morgan fingerprint density at radius 3 is 2.33 bits per heavy atom. The van der Waals surface area contributed by atoms with Gasteiger partial charge in [-0.15, -0.1) is 0 Å². The lowest BCUT2D eigenvalue weighted by Crippen LogP contribution is -2.58. The lowest BCUT2D eigenvalue weighted by Gasteiger charge is -2.33. The maximum atomic E-state index is 14.0. The number of aliphatic hydroxyl groups excluding tert-OH is 2. The molecule has 1 aromatic carbocycles. The Morgan fingerprint density at radius 1 is 0.917 bits per heavy atom. The highest BCUT2D eigenvalue weighted by Crippen LogP contribution is 2.29. The van der Waals surface area contributed by atoms with Gasteiger partial charge in [-0.25, -0.2) is 4.98 Å². The number of aromatic amines is 1. The Hall–Kier alpha value is -4.13. The molecular weight excluding hydrogens is 610 g/mol. The van der Waals surface area contributed by atoms with Crippen LogP contribution >= 0.6 is 0 Å². The highest BCUT2D eigenvalue weighted by molar-refractivity contribution is 5.92. The van der Waals surface area contributed by atoms with Gasteiger partial charge in [0.2, 0.25) is 17.7 Å². The Balaban J connectivity index is 1.51. The van der Waals surface area contributed by atoms with E-state index < -0.39 is 42.1 Å². The van der Waals surface area contributed by atoms with Crippen molar-refractivity contribution in [3.8, 4) is 0 Å². The van der Waals surface area contributed by atoms with E-state index >= 15 is 0 Å². The molecule has 0 radical (unpaired) electrons. The third kappa shape index (κ3) is 12.1. The summed E-state index contributed by atoms with van der Waals surface area (Å²) in [6.45, 7) is 0.348.